The summed E-state index contributed by atoms with van der Waals surface area (Å²) >= 11 is 7.74. The molecule has 5 heteroatoms. The van der Waals surface area contributed by atoms with E-state index in [-0.39, 0.29) is 12.1 Å². The third-order valence-corrected chi connectivity index (χ3v) is 6.91. The van der Waals surface area contributed by atoms with Crippen LogP contribution in [-0.2, 0) is 12.8 Å². The van der Waals surface area contributed by atoms with E-state index in [1.807, 2.05) is 24.3 Å². The molecular weight excluding hydrogens is 352 g/mol. The van der Waals surface area contributed by atoms with E-state index in [4.69, 9.17) is 11.6 Å². The number of benzene rings is 1. The molecule has 0 spiro atoms. The second kappa shape index (κ2) is 6.03. The monoisotopic (exact) mass is 374 g/mol. The number of fused-ring (bicyclic) bond motifs is 3. The lowest BCUT2D eigenvalue weighted by Crippen LogP contribution is -2.38. The molecule has 0 fully saturated rings. The van der Waals surface area contributed by atoms with Gasteiger partial charge < -0.3 is 10.6 Å². The number of amides is 1. The van der Waals surface area contributed by atoms with Gasteiger partial charge in [0.05, 0.1) is 5.56 Å². The number of thiophene rings is 1. The summed E-state index contributed by atoms with van der Waals surface area (Å²) < 4.78 is 0. The minimum absolute atomic E-state index is 0.0420. The van der Waals surface area contributed by atoms with E-state index in [9.17, 15) is 4.79 Å². The molecule has 2 aliphatic rings. The largest absolute Gasteiger partial charge is 0.353 e. The molecule has 1 aliphatic carbocycles. The summed E-state index contributed by atoms with van der Waals surface area (Å²) in [6.07, 6.45) is 3.05. The summed E-state index contributed by atoms with van der Waals surface area (Å²) in [5.74, 6) is 0.718. The van der Waals surface area contributed by atoms with Gasteiger partial charge in [-0.05, 0) is 53.9 Å². The first-order valence-corrected chi connectivity index (χ1v) is 10.00. The first-order chi connectivity index (χ1) is 11.8. The van der Waals surface area contributed by atoms with Crippen molar-refractivity contribution in [2.75, 3.05) is 5.32 Å². The Balaban J connectivity index is 1.64. The summed E-state index contributed by atoms with van der Waals surface area (Å²) in [5.41, 5.74) is 3.46. The van der Waals surface area contributed by atoms with Gasteiger partial charge in [0.2, 0.25) is 0 Å². The average Bonchev–Trinajstić information content (AvgIpc) is 2.92. The Kier molecular flexibility index (Phi) is 4.08. The third-order valence-electron chi connectivity index (χ3n) is 5.47. The van der Waals surface area contributed by atoms with Crippen LogP contribution in [0.2, 0.25) is 5.02 Å². The van der Waals surface area contributed by atoms with Crippen molar-refractivity contribution in [1.82, 2.24) is 5.32 Å². The van der Waals surface area contributed by atoms with Crippen LogP contribution in [0.25, 0.3) is 0 Å². The van der Waals surface area contributed by atoms with Crippen LogP contribution in [0.5, 0.6) is 0 Å². The Morgan fingerprint density at radius 3 is 2.56 bits per heavy atom. The highest BCUT2D eigenvalue weighted by molar-refractivity contribution is 7.16. The smallest absolute Gasteiger partial charge is 0.256 e. The van der Waals surface area contributed by atoms with Crippen molar-refractivity contribution < 1.29 is 4.79 Å². The second-order valence-corrected chi connectivity index (χ2v) is 9.66. The van der Waals surface area contributed by atoms with Gasteiger partial charge in [0.15, 0.2) is 0 Å². The van der Waals surface area contributed by atoms with Gasteiger partial charge in [0.25, 0.3) is 5.91 Å². The molecule has 3 nitrogen and oxygen atoms in total. The number of anilines is 1. The van der Waals surface area contributed by atoms with Gasteiger partial charge in [-0.3, -0.25) is 4.79 Å². The summed E-state index contributed by atoms with van der Waals surface area (Å²) in [4.78, 5) is 14.2. The molecule has 1 aliphatic heterocycles. The molecule has 1 aromatic heterocycles. The Morgan fingerprint density at radius 1 is 1.16 bits per heavy atom. The van der Waals surface area contributed by atoms with Crippen LogP contribution in [0.4, 0.5) is 5.00 Å². The van der Waals surface area contributed by atoms with Crippen LogP contribution in [0, 0.1) is 11.3 Å². The van der Waals surface area contributed by atoms with Crippen LogP contribution in [0.1, 0.15) is 59.7 Å². The fourth-order valence-electron chi connectivity index (χ4n) is 3.86. The van der Waals surface area contributed by atoms with Crippen LogP contribution in [0.15, 0.2) is 24.3 Å². The fraction of sp³-hybridized carbons (Fsp3) is 0.450. The summed E-state index contributed by atoms with van der Waals surface area (Å²) in [6.45, 7) is 6.95. The zero-order valence-electron chi connectivity index (χ0n) is 14.8. The Bertz CT molecular complexity index is 819. The van der Waals surface area contributed by atoms with Crippen molar-refractivity contribution in [2.45, 2.75) is 46.2 Å². The van der Waals surface area contributed by atoms with Crippen LogP contribution < -0.4 is 10.6 Å². The zero-order chi connectivity index (χ0) is 17.8. The summed E-state index contributed by atoms with van der Waals surface area (Å²) in [6, 6.07) is 7.62. The average molecular weight is 375 g/mol. The molecule has 1 aromatic carbocycles. The van der Waals surface area contributed by atoms with Crippen molar-refractivity contribution in [3.05, 3.63) is 50.9 Å². The Hall–Kier alpha value is -1.52. The minimum atomic E-state index is -0.198. The van der Waals surface area contributed by atoms with Crippen LogP contribution in [0.3, 0.4) is 0 Å². The molecule has 0 radical (unpaired) electrons. The van der Waals surface area contributed by atoms with E-state index in [2.05, 4.69) is 31.4 Å². The molecule has 0 unspecified atom stereocenters. The van der Waals surface area contributed by atoms with Crippen LogP contribution >= 0.6 is 22.9 Å². The number of nitrogens with one attached hydrogen (secondary N) is 2. The quantitative estimate of drug-likeness (QED) is 0.701. The van der Waals surface area contributed by atoms with E-state index in [0.29, 0.717) is 16.4 Å². The molecule has 2 heterocycles. The van der Waals surface area contributed by atoms with Crippen molar-refractivity contribution in [3.8, 4) is 0 Å². The summed E-state index contributed by atoms with van der Waals surface area (Å²) in [7, 11) is 0. The van der Waals surface area contributed by atoms with Crippen molar-refractivity contribution in [1.29, 1.82) is 0 Å². The van der Waals surface area contributed by atoms with Crippen molar-refractivity contribution in [3.63, 3.8) is 0 Å². The van der Waals surface area contributed by atoms with Crippen molar-refractivity contribution >= 4 is 33.8 Å². The van der Waals surface area contributed by atoms with E-state index in [1.54, 1.807) is 11.3 Å². The molecule has 4 rings (SSSR count). The highest BCUT2D eigenvalue weighted by atomic mass is 35.5. The fourth-order valence-corrected chi connectivity index (χ4v) is 5.34. The lowest BCUT2D eigenvalue weighted by Gasteiger charge is -2.34. The number of rotatable bonds is 1. The van der Waals surface area contributed by atoms with Gasteiger partial charge in [-0.15, -0.1) is 11.3 Å². The maximum atomic E-state index is 12.8. The maximum absolute atomic E-state index is 12.8. The molecule has 25 heavy (non-hydrogen) atoms. The lowest BCUT2D eigenvalue weighted by molar-refractivity contribution is 0.0935. The van der Waals surface area contributed by atoms with E-state index >= 15 is 0 Å². The van der Waals surface area contributed by atoms with Crippen molar-refractivity contribution in [2.24, 2.45) is 11.3 Å². The molecule has 0 saturated carbocycles. The first-order valence-electron chi connectivity index (χ1n) is 8.80. The standard InChI is InChI=1S/C20H23ClN2OS/c1-20(2,3)12-6-9-14-15(10-12)25-19-16(14)18(24)22-17(23-19)11-4-7-13(21)8-5-11/h4-5,7-8,12,17,23H,6,9-10H2,1-3H3,(H,22,24)/t12-,17+/m0/s1. The number of halogens is 1. The highest BCUT2D eigenvalue weighted by Crippen LogP contribution is 2.46. The molecular formula is C20H23ClN2OS. The minimum Gasteiger partial charge on any atom is -0.353 e. The number of hydrogen-bond donors (Lipinski definition) is 2. The zero-order valence-corrected chi connectivity index (χ0v) is 16.4. The van der Waals surface area contributed by atoms with E-state index in [0.717, 1.165) is 35.4 Å². The highest BCUT2D eigenvalue weighted by Gasteiger charge is 2.36. The predicted octanol–water partition coefficient (Wildman–Crippen LogP) is 5.41. The van der Waals surface area contributed by atoms with Gasteiger partial charge in [-0.25, -0.2) is 0 Å². The molecule has 132 valence electrons. The molecule has 2 atom stereocenters. The number of carbonyl (C=O) groups is 1. The Morgan fingerprint density at radius 2 is 1.88 bits per heavy atom. The maximum Gasteiger partial charge on any atom is 0.256 e. The van der Waals surface area contributed by atoms with Gasteiger partial charge in [0, 0.05) is 9.90 Å². The number of carbonyl (C=O) groups excluding carboxylic acids is 1. The lowest BCUT2D eigenvalue weighted by atomic mass is 9.72. The number of hydrogen-bond acceptors (Lipinski definition) is 3. The van der Waals surface area contributed by atoms with E-state index < -0.39 is 0 Å². The van der Waals surface area contributed by atoms with E-state index in [1.165, 1.54) is 10.4 Å². The normalized spacial score (nSPS) is 22.6. The predicted molar refractivity (Wildman–Crippen MR) is 105 cm³/mol. The molecule has 1 amide bonds. The van der Waals surface area contributed by atoms with Crippen LogP contribution in [-0.4, -0.2) is 5.91 Å². The van der Waals surface area contributed by atoms with Gasteiger partial charge in [-0.1, -0.05) is 44.5 Å². The topological polar surface area (TPSA) is 41.1 Å². The van der Waals surface area contributed by atoms with Gasteiger partial charge >= 0.3 is 0 Å². The Labute approximate surface area is 157 Å². The van der Waals surface area contributed by atoms with Gasteiger partial charge in [-0.2, -0.15) is 0 Å². The van der Waals surface area contributed by atoms with Gasteiger partial charge in [0.1, 0.15) is 11.2 Å². The molecule has 2 N–H and O–H groups in total. The SMILES string of the molecule is CC(C)(C)[C@H]1CCc2c(sc3c2C(=O)N[C@@H](c2ccc(Cl)cc2)N3)C1. The second-order valence-electron chi connectivity index (χ2n) is 8.12. The molecule has 0 saturated heterocycles. The third kappa shape index (κ3) is 3.06. The summed E-state index contributed by atoms with van der Waals surface area (Å²) in [5, 5.41) is 8.33. The first kappa shape index (κ1) is 16.9. The molecule has 2 aromatic rings. The molecule has 0 bridgehead atoms.